The molecule has 7 heteroatoms. The Bertz CT molecular complexity index is 1060. The van der Waals surface area contributed by atoms with Crippen LogP contribution in [-0.4, -0.2) is 30.8 Å². The normalized spacial score (nSPS) is 11.5. The number of aliphatic hydroxyl groups is 1. The number of carbonyl (C=O) groups excluding carboxylic acids is 1. The maximum absolute atomic E-state index is 13.2. The fraction of sp³-hybridized carbons (Fsp3) is 0.269. The summed E-state index contributed by atoms with van der Waals surface area (Å²) in [4.78, 5) is 13.2. The molecule has 3 aromatic rings. The van der Waals surface area contributed by atoms with Gasteiger partial charge in [-0.1, -0.05) is 41.9 Å². The Kier molecular flexibility index (Phi) is 8.58. The summed E-state index contributed by atoms with van der Waals surface area (Å²) >= 11 is 6.19. The number of hydrogen-bond acceptors (Lipinski definition) is 5. The van der Waals surface area contributed by atoms with Crippen molar-refractivity contribution in [3.05, 3.63) is 82.4 Å². The van der Waals surface area contributed by atoms with E-state index in [1.165, 1.54) is 0 Å². The zero-order valence-electron chi connectivity index (χ0n) is 18.9. The molecule has 6 nitrogen and oxygen atoms in total. The van der Waals surface area contributed by atoms with Crippen molar-refractivity contribution in [1.82, 2.24) is 0 Å². The highest BCUT2D eigenvalue weighted by atomic mass is 35.5. The summed E-state index contributed by atoms with van der Waals surface area (Å²) in [6.07, 6.45) is -0.960. The zero-order chi connectivity index (χ0) is 23.8. The highest BCUT2D eigenvalue weighted by molar-refractivity contribution is 6.30. The molecule has 0 fully saturated rings. The van der Waals surface area contributed by atoms with Crippen LogP contribution in [0.5, 0.6) is 17.2 Å². The van der Waals surface area contributed by atoms with Gasteiger partial charge in [0.05, 0.1) is 19.8 Å². The van der Waals surface area contributed by atoms with E-state index in [0.717, 1.165) is 0 Å². The van der Waals surface area contributed by atoms with Crippen molar-refractivity contribution in [1.29, 1.82) is 0 Å². The van der Waals surface area contributed by atoms with Gasteiger partial charge in [-0.15, -0.1) is 0 Å². The first-order valence-corrected chi connectivity index (χ1v) is 11.3. The average molecular weight is 470 g/mol. The van der Waals surface area contributed by atoms with Crippen LogP contribution in [0.4, 0.5) is 5.69 Å². The van der Waals surface area contributed by atoms with Gasteiger partial charge in [-0.2, -0.15) is 0 Å². The number of aliphatic hydroxyl groups excluding tert-OH is 1. The standard InChI is InChI=1S/C26H28ClNO5/c1-4-31-22-14-18(15-23(32-5-2)25(22)33-6-3)26(30)28-21-13-12-19(27)16-20(21)24(29)17-10-8-7-9-11-17/h7-16,24,29H,4-6H2,1-3H3,(H,28,30)/t24-/m1/s1. The van der Waals surface area contributed by atoms with Crippen molar-refractivity contribution in [3.8, 4) is 17.2 Å². The van der Waals surface area contributed by atoms with Crippen LogP contribution in [0.1, 0.15) is 48.4 Å². The Morgan fingerprint density at radius 2 is 1.52 bits per heavy atom. The van der Waals surface area contributed by atoms with Gasteiger partial charge in [0.15, 0.2) is 11.5 Å². The molecule has 33 heavy (non-hydrogen) atoms. The number of rotatable bonds is 10. The molecule has 3 aromatic carbocycles. The summed E-state index contributed by atoms with van der Waals surface area (Å²) in [6.45, 7) is 6.81. The molecule has 0 saturated carbocycles. The minimum absolute atomic E-state index is 0.334. The molecule has 0 aliphatic rings. The third-order valence-electron chi connectivity index (χ3n) is 4.84. The third kappa shape index (κ3) is 5.97. The van der Waals surface area contributed by atoms with Gasteiger partial charge >= 0.3 is 0 Å². The molecule has 1 amide bonds. The predicted octanol–water partition coefficient (Wildman–Crippen LogP) is 5.87. The maximum atomic E-state index is 13.2. The summed E-state index contributed by atoms with van der Waals surface area (Å²) < 4.78 is 17.1. The van der Waals surface area contributed by atoms with Crippen LogP contribution in [-0.2, 0) is 0 Å². The molecular weight excluding hydrogens is 442 g/mol. The summed E-state index contributed by atoms with van der Waals surface area (Å²) in [6, 6.07) is 17.4. The lowest BCUT2D eigenvalue weighted by atomic mass is 9.99. The first-order valence-electron chi connectivity index (χ1n) is 10.9. The van der Waals surface area contributed by atoms with Gasteiger partial charge in [-0.05, 0) is 56.7 Å². The van der Waals surface area contributed by atoms with Crippen LogP contribution in [0.15, 0.2) is 60.7 Å². The molecule has 1 atom stereocenters. The first kappa shape index (κ1) is 24.4. The quantitative estimate of drug-likeness (QED) is 0.388. The smallest absolute Gasteiger partial charge is 0.255 e. The SMILES string of the molecule is CCOc1cc(C(=O)Nc2ccc(Cl)cc2[C@H](O)c2ccccc2)cc(OCC)c1OCC. The molecule has 2 N–H and O–H groups in total. The van der Waals surface area contributed by atoms with E-state index in [4.69, 9.17) is 25.8 Å². The van der Waals surface area contributed by atoms with Gasteiger partial charge in [0.25, 0.3) is 5.91 Å². The second-order valence-electron chi connectivity index (χ2n) is 7.10. The lowest BCUT2D eigenvalue weighted by Crippen LogP contribution is -2.15. The fourth-order valence-electron chi connectivity index (χ4n) is 3.40. The lowest BCUT2D eigenvalue weighted by molar-refractivity contribution is 0.102. The number of benzene rings is 3. The maximum Gasteiger partial charge on any atom is 0.255 e. The van der Waals surface area contributed by atoms with Gasteiger partial charge in [0.1, 0.15) is 6.10 Å². The van der Waals surface area contributed by atoms with Gasteiger partial charge in [-0.25, -0.2) is 0 Å². The highest BCUT2D eigenvalue weighted by Gasteiger charge is 2.21. The van der Waals surface area contributed by atoms with Crippen LogP contribution < -0.4 is 19.5 Å². The number of anilines is 1. The minimum Gasteiger partial charge on any atom is -0.490 e. The van der Waals surface area contributed by atoms with E-state index in [2.05, 4.69) is 5.32 Å². The minimum atomic E-state index is -0.960. The average Bonchev–Trinajstić information content (AvgIpc) is 2.82. The zero-order valence-corrected chi connectivity index (χ0v) is 19.7. The first-order chi connectivity index (χ1) is 16.0. The van der Waals surface area contributed by atoms with E-state index in [1.54, 1.807) is 30.3 Å². The molecule has 0 aromatic heterocycles. The molecule has 0 heterocycles. The molecule has 0 aliphatic carbocycles. The van der Waals surface area contributed by atoms with Gasteiger partial charge < -0.3 is 24.6 Å². The molecule has 0 saturated heterocycles. The summed E-state index contributed by atoms with van der Waals surface area (Å²) in [5, 5.41) is 14.3. The van der Waals surface area contributed by atoms with E-state index in [-0.39, 0.29) is 5.91 Å². The number of hydrogen-bond donors (Lipinski definition) is 2. The van der Waals surface area contributed by atoms with Crippen molar-refractivity contribution in [3.63, 3.8) is 0 Å². The number of ether oxygens (including phenoxy) is 3. The van der Waals surface area contributed by atoms with Crippen molar-refractivity contribution in [2.24, 2.45) is 0 Å². The van der Waals surface area contributed by atoms with Crippen molar-refractivity contribution in [2.45, 2.75) is 26.9 Å². The molecule has 0 aliphatic heterocycles. The molecule has 0 radical (unpaired) electrons. The third-order valence-corrected chi connectivity index (χ3v) is 5.08. The van der Waals surface area contributed by atoms with E-state index in [1.807, 2.05) is 51.1 Å². The van der Waals surface area contributed by atoms with Crippen molar-refractivity contribution < 1.29 is 24.1 Å². The molecule has 3 rings (SSSR count). The second-order valence-corrected chi connectivity index (χ2v) is 7.54. The van der Waals surface area contributed by atoms with Gasteiger partial charge in [0.2, 0.25) is 5.75 Å². The van der Waals surface area contributed by atoms with Crippen LogP contribution >= 0.6 is 11.6 Å². The Balaban J connectivity index is 1.97. The summed E-state index contributed by atoms with van der Waals surface area (Å²) in [5.41, 5.74) is 1.96. The molecule has 0 spiro atoms. The summed E-state index contributed by atoms with van der Waals surface area (Å²) in [5.74, 6) is 0.931. The van der Waals surface area contributed by atoms with E-state index in [0.29, 0.717) is 64.5 Å². The largest absolute Gasteiger partial charge is 0.490 e. The second kappa shape index (κ2) is 11.6. The number of carbonyl (C=O) groups is 1. The molecule has 0 unspecified atom stereocenters. The molecule has 174 valence electrons. The fourth-order valence-corrected chi connectivity index (χ4v) is 3.58. The van der Waals surface area contributed by atoms with Crippen molar-refractivity contribution in [2.75, 3.05) is 25.1 Å². The van der Waals surface area contributed by atoms with Crippen LogP contribution in [0, 0.1) is 0 Å². The molecular formula is C26H28ClNO5. The van der Waals surface area contributed by atoms with E-state index >= 15 is 0 Å². The monoisotopic (exact) mass is 469 g/mol. The lowest BCUT2D eigenvalue weighted by Gasteiger charge is -2.19. The van der Waals surface area contributed by atoms with Crippen molar-refractivity contribution >= 4 is 23.2 Å². The van der Waals surface area contributed by atoms with Crippen LogP contribution in [0.2, 0.25) is 5.02 Å². The van der Waals surface area contributed by atoms with E-state index < -0.39 is 6.10 Å². The number of halogens is 1. The Labute approximate surface area is 199 Å². The molecule has 0 bridgehead atoms. The van der Waals surface area contributed by atoms with Crippen LogP contribution in [0.3, 0.4) is 0 Å². The Morgan fingerprint density at radius 1 is 0.909 bits per heavy atom. The summed E-state index contributed by atoms with van der Waals surface area (Å²) in [7, 11) is 0. The predicted molar refractivity (Wildman–Crippen MR) is 130 cm³/mol. The van der Waals surface area contributed by atoms with Crippen LogP contribution in [0.25, 0.3) is 0 Å². The number of nitrogens with one attached hydrogen (secondary N) is 1. The van der Waals surface area contributed by atoms with E-state index in [9.17, 15) is 9.90 Å². The number of amides is 1. The highest BCUT2D eigenvalue weighted by Crippen LogP contribution is 2.39. The Hall–Kier alpha value is -3.22. The Morgan fingerprint density at radius 3 is 2.09 bits per heavy atom. The van der Waals surface area contributed by atoms with Gasteiger partial charge in [0, 0.05) is 21.8 Å². The van der Waals surface area contributed by atoms with Gasteiger partial charge in [-0.3, -0.25) is 4.79 Å². The topological polar surface area (TPSA) is 77.0 Å².